The van der Waals surface area contributed by atoms with Gasteiger partial charge in [-0.1, -0.05) is 6.92 Å². The van der Waals surface area contributed by atoms with Crippen LogP contribution in [0.4, 0.5) is 0 Å². The van der Waals surface area contributed by atoms with Crippen LogP contribution in [0.2, 0.25) is 0 Å². The fraction of sp³-hybridized carbons (Fsp3) is 0.636. The zero-order valence-corrected chi connectivity index (χ0v) is 11.2. The van der Waals surface area contributed by atoms with Gasteiger partial charge in [0.1, 0.15) is 5.76 Å². The van der Waals surface area contributed by atoms with Crippen molar-refractivity contribution in [3.8, 4) is 0 Å². The van der Waals surface area contributed by atoms with Crippen molar-refractivity contribution in [3.63, 3.8) is 0 Å². The highest BCUT2D eigenvalue weighted by Gasteiger charge is 2.05. The standard InChI is InChI=1S/C11H19BrN2O/c1-4-14(3)8-9(2)13-7-10-5-6-11(12)15-10/h5-6,9,13H,4,7-8H2,1-3H3. The van der Waals surface area contributed by atoms with Gasteiger partial charge in [-0.25, -0.2) is 0 Å². The molecule has 0 bridgehead atoms. The quantitative estimate of drug-likeness (QED) is 0.864. The fourth-order valence-electron chi connectivity index (χ4n) is 1.38. The Morgan fingerprint density at radius 3 is 2.80 bits per heavy atom. The van der Waals surface area contributed by atoms with E-state index in [4.69, 9.17) is 4.42 Å². The minimum Gasteiger partial charge on any atom is -0.453 e. The van der Waals surface area contributed by atoms with Crippen LogP contribution in [-0.2, 0) is 6.54 Å². The summed E-state index contributed by atoms with van der Waals surface area (Å²) in [6.45, 7) is 7.27. The number of likely N-dealkylation sites (N-methyl/N-ethyl adjacent to an activating group) is 1. The first-order valence-electron chi connectivity index (χ1n) is 5.28. The van der Waals surface area contributed by atoms with E-state index in [-0.39, 0.29) is 0 Å². The second kappa shape index (κ2) is 6.30. The van der Waals surface area contributed by atoms with Gasteiger partial charge in [0.05, 0.1) is 6.54 Å². The Morgan fingerprint density at radius 2 is 2.27 bits per heavy atom. The number of hydrogen-bond acceptors (Lipinski definition) is 3. The zero-order chi connectivity index (χ0) is 11.3. The first-order valence-corrected chi connectivity index (χ1v) is 6.07. The van der Waals surface area contributed by atoms with E-state index in [9.17, 15) is 0 Å². The third kappa shape index (κ3) is 4.82. The van der Waals surface area contributed by atoms with Gasteiger partial charge >= 0.3 is 0 Å². The van der Waals surface area contributed by atoms with E-state index in [0.717, 1.165) is 30.1 Å². The molecule has 0 aliphatic carbocycles. The van der Waals surface area contributed by atoms with E-state index in [1.165, 1.54) is 0 Å². The number of nitrogens with zero attached hydrogens (tertiary/aromatic N) is 1. The summed E-state index contributed by atoms with van der Waals surface area (Å²) >= 11 is 3.29. The number of halogens is 1. The maximum absolute atomic E-state index is 5.41. The molecule has 0 spiro atoms. The summed E-state index contributed by atoms with van der Waals surface area (Å²) in [5.74, 6) is 0.966. The molecule has 1 aromatic rings. The third-order valence-corrected chi connectivity index (χ3v) is 2.81. The minimum absolute atomic E-state index is 0.471. The summed E-state index contributed by atoms with van der Waals surface area (Å²) in [4.78, 5) is 2.29. The van der Waals surface area contributed by atoms with Crippen molar-refractivity contribution in [1.29, 1.82) is 0 Å². The molecule has 1 atom stereocenters. The summed E-state index contributed by atoms with van der Waals surface area (Å²) < 4.78 is 6.20. The summed E-state index contributed by atoms with van der Waals surface area (Å²) in [5.41, 5.74) is 0. The van der Waals surface area contributed by atoms with Gasteiger partial charge in [-0.2, -0.15) is 0 Å². The highest BCUT2D eigenvalue weighted by Crippen LogP contribution is 2.13. The van der Waals surface area contributed by atoms with Crippen LogP contribution in [0.25, 0.3) is 0 Å². The van der Waals surface area contributed by atoms with Crippen molar-refractivity contribution < 1.29 is 4.42 Å². The molecule has 1 unspecified atom stereocenters. The summed E-state index contributed by atoms with van der Waals surface area (Å²) in [7, 11) is 2.13. The normalized spacial score (nSPS) is 13.4. The molecule has 1 aromatic heterocycles. The predicted molar refractivity (Wildman–Crippen MR) is 65.9 cm³/mol. The minimum atomic E-state index is 0.471. The molecule has 3 nitrogen and oxygen atoms in total. The van der Waals surface area contributed by atoms with Crippen LogP contribution in [0.3, 0.4) is 0 Å². The molecule has 0 radical (unpaired) electrons. The third-order valence-electron chi connectivity index (χ3n) is 2.38. The molecule has 86 valence electrons. The van der Waals surface area contributed by atoms with Crippen molar-refractivity contribution in [2.45, 2.75) is 26.4 Å². The van der Waals surface area contributed by atoms with Gasteiger partial charge in [0.25, 0.3) is 0 Å². The first-order chi connectivity index (χ1) is 7.11. The summed E-state index contributed by atoms with van der Waals surface area (Å²) in [6.07, 6.45) is 0. The molecule has 1 rings (SSSR count). The second-order valence-electron chi connectivity index (χ2n) is 3.84. The van der Waals surface area contributed by atoms with Gasteiger partial charge in [0.15, 0.2) is 4.67 Å². The molecule has 0 saturated carbocycles. The molecule has 1 N–H and O–H groups in total. The lowest BCUT2D eigenvalue weighted by Crippen LogP contribution is -2.36. The topological polar surface area (TPSA) is 28.4 Å². The molecular weight excluding hydrogens is 256 g/mol. The van der Waals surface area contributed by atoms with Crippen LogP contribution >= 0.6 is 15.9 Å². The molecule has 0 saturated heterocycles. The summed E-state index contributed by atoms with van der Waals surface area (Å²) in [5, 5.41) is 3.42. The average molecular weight is 275 g/mol. The molecule has 0 aromatic carbocycles. The fourth-order valence-corrected chi connectivity index (χ4v) is 1.72. The van der Waals surface area contributed by atoms with E-state index >= 15 is 0 Å². The molecule has 1 heterocycles. The lowest BCUT2D eigenvalue weighted by atomic mass is 10.3. The maximum Gasteiger partial charge on any atom is 0.169 e. The van der Waals surface area contributed by atoms with Gasteiger partial charge in [-0.3, -0.25) is 0 Å². The van der Waals surface area contributed by atoms with Gasteiger partial charge in [-0.05, 0) is 48.6 Å². The Morgan fingerprint density at radius 1 is 1.53 bits per heavy atom. The van der Waals surface area contributed by atoms with Gasteiger partial charge in [-0.15, -0.1) is 0 Å². The van der Waals surface area contributed by atoms with E-state index in [1.54, 1.807) is 0 Å². The van der Waals surface area contributed by atoms with Gasteiger partial charge < -0.3 is 14.6 Å². The highest BCUT2D eigenvalue weighted by atomic mass is 79.9. The van der Waals surface area contributed by atoms with Crippen molar-refractivity contribution in [3.05, 3.63) is 22.6 Å². The largest absolute Gasteiger partial charge is 0.453 e. The molecule has 15 heavy (non-hydrogen) atoms. The molecular formula is C11H19BrN2O. The number of nitrogens with one attached hydrogen (secondary N) is 1. The Balaban J connectivity index is 2.25. The number of rotatable bonds is 6. The first kappa shape index (κ1) is 12.7. The van der Waals surface area contributed by atoms with Crippen molar-refractivity contribution in [1.82, 2.24) is 10.2 Å². The van der Waals surface area contributed by atoms with Gasteiger partial charge in [0.2, 0.25) is 0 Å². The Kier molecular flexibility index (Phi) is 5.36. The monoisotopic (exact) mass is 274 g/mol. The number of hydrogen-bond donors (Lipinski definition) is 1. The SMILES string of the molecule is CCN(C)CC(C)NCc1ccc(Br)o1. The van der Waals surface area contributed by atoms with Gasteiger partial charge in [0, 0.05) is 12.6 Å². The van der Waals surface area contributed by atoms with E-state index in [1.807, 2.05) is 12.1 Å². The smallest absolute Gasteiger partial charge is 0.169 e. The van der Waals surface area contributed by atoms with Crippen LogP contribution in [0, 0.1) is 0 Å². The van der Waals surface area contributed by atoms with E-state index in [2.05, 4.69) is 47.0 Å². The number of furan rings is 1. The predicted octanol–water partition coefficient (Wildman–Crippen LogP) is 2.47. The van der Waals surface area contributed by atoms with Crippen LogP contribution < -0.4 is 5.32 Å². The van der Waals surface area contributed by atoms with E-state index in [0.29, 0.717) is 6.04 Å². The molecule has 0 fully saturated rings. The molecule has 0 aliphatic heterocycles. The summed E-state index contributed by atoms with van der Waals surface area (Å²) in [6, 6.07) is 4.37. The molecule has 4 heteroatoms. The molecule has 0 aliphatic rings. The van der Waals surface area contributed by atoms with Crippen LogP contribution in [0.1, 0.15) is 19.6 Å². The van der Waals surface area contributed by atoms with Crippen LogP contribution in [-0.4, -0.2) is 31.1 Å². The van der Waals surface area contributed by atoms with Crippen molar-refractivity contribution in [2.75, 3.05) is 20.1 Å². The van der Waals surface area contributed by atoms with Crippen molar-refractivity contribution >= 4 is 15.9 Å². The van der Waals surface area contributed by atoms with Crippen LogP contribution in [0.5, 0.6) is 0 Å². The Labute approximate surface area is 100.0 Å². The Hall–Kier alpha value is -0.320. The van der Waals surface area contributed by atoms with Crippen molar-refractivity contribution in [2.24, 2.45) is 0 Å². The second-order valence-corrected chi connectivity index (χ2v) is 4.62. The Bertz CT molecular complexity index is 288. The lowest BCUT2D eigenvalue weighted by molar-refractivity contribution is 0.304. The zero-order valence-electron chi connectivity index (χ0n) is 9.59. The maximum atomic E-state index is 5.41. The highest BCUT2D eigenvalue weighted by molar-refractivity contribution is 9.10. The van der Waals surface area contributed by atoms with E-state index < -0.39 is 0 Å². The molecule has 0 amide bonds. The van der Waals surface area contributed by atoms with Crippen LogP contribution in [0.15, 0.2) is 21.2 Å². The average Bonchev–Trinajstić information content (AvgIpc) is 2.61. The lowest BCUT2D eigenvalue weighted by Gasteiger charge is -2.20.